The van der Waals surface area contributed by atoms with Crippen LogP contribution in [-0.4, -0.2) is 46.8 Å². The zero-order chi connectivity index (χ0) is 13.2. The third-order valence-corrected chi connectivity index (χ3v) is 5.92. The van der Waals surface area contributed by atoms with Crippen LogP contribution in [0.1, 0.15) is 12.0 Å². The minimum atomic E-state index is 0.341. The summed E-state index contributed by atoms with van der Waals surface area (Å²) in [7, 11) is 0. The molecule has 0 amide bonds. The highest BCUT2D eigenvalue weighted by Crippen LogP contribution is 2.32. The monoisotopic (exact) mass is 343 g/mol. The molecule has 3 nitrogen and oxygen atoms in total. The Morgan fingerprint density at radius 2 is 2.37 bits per heavy atom. The zero-order valence-electron chi connectivity index (χ0n) is 10.7. The number of hydrogen-bond donors (Lipinski definition) is 1. The fraction of sp³-hybridized carbons (Fsp3) is 0.571. The summed E-state index contributed by atoms with van der Waals surface area (Å²) in [5, 5.41) is 10.2. The largest absolute Gasteiger partial charge is 0.508 e. The van der Waals surface area contributed by atoms with Crippen LogP contribution in [0.3, 0.4) is 0 Å². The second kappa shape index (κ2) is 6.04. The molecule has 2 saturated heterocycles. The summed E-state index contributed by atoms with van der Waals surface area (Å²) in [4.78, 5) is 2.54. The van der Waals surface area contributed by atoms with Crippen molar-refractivity contribution >= 4 is 27.7 Å². The Morgan fingerprint density at radius 3 is 3.26 bits per heavy atom. The van der Waals surface area contributed by atoms with Gasteiger partial charge in [0.25, 0.3) is 0 Å². The van der Waals surface area contributed by atoms with E-state index >= 15 is 0 Å². The van der Waals surface area contributed by atoms with Crippen LogP contribution in [0.2, 0.25) is 0 Å². The third kappa shape index (κ3) is 3.10. The van der Waals surface area contributed by atoms with Gasteiger partial charge in [-0.2, -0.15) is 11.8 Å². The number of phenols is 1. The predicted molar refractivity (Wildman–Crippen MR) is 81.7 cm³/mol. The first-order valence-corrected chi connectivity index (χ1v) is 8.49. The molecule has 2 atom stereocenters. The van der Waals surface area contributed by atoms with Crippen LogP contribution in [-0.2, 0) is 11.3 Å². The van der Waals surface area contributed by atoms with Crippen LogP contribution in [0.5, 0.6) is 5.75 Å². The number of nitrogens with zero attached hydrogens (tertiary/aromatic N) is 1. The van der Waals surface area contributed by atoms with E-state index in [-0.39, 0.29) is 0 Å². The van der Waals surface area contributed by atoms with Crippen LogP contribution < -0.4 is 0 Å². The van der Waals surface area contributed by atoms with E-state index < -0.39 is 0 Å². The van der Waals surface area contributed by atoms with Crippen LogP contribution in [0, 0.1) is 0 Å². The number of rotatable bonds is 2. The van der Waals surface area contributed by atoms with Gasteiger partial charge in [0, 0.05) is 41.2 Å². The van der Waals surface area contributed by atoms with Gasteiger partial charge >= 0.3 is 0 Å². The highest BCUT2D eigenvalue weighted by atomic mass is 79.9. The Bertz CT molecular complexity index is 455. The van der Waals surface area contributed by atoms with E-state index in [1.165, 1.54) is 5.75 Å². The molecule has 1 aromatic carbocycles. The Labute approximate surface area is 126 Å². The van der Waals surface area contributed by atoms with Crippen LogP contribution >= 0.6 is 27.7 Å². The summed E-state index contributed by atoms with van der Waals surface area (Å²) in [5.41, 5.74) is 1.16. The molecule has 2 aliphatic rings. The number of thioether (sulfide) groups is 1. The second-order valence-corrected chi connectivity index (χ2v) is 7.29. The molecule has 0 aliphatic carbocycles. The standard InChI is InChI=1S/C14H18BrNO2S/c15-12-2-1-11(17)7-10(12)8-16-4-6-19-14-9-18-5-3-13(14)16/h1-2,7,13-14,17H,3-6,8-9H2/t13-,14+/m0/s1. The molecule has 0 radical (unpaired) electrons. The van der Waals surface area contributed by atoms with Crippen molar-refractivity contribution in [2.24, 2.45) is 0 Å². The lowest BCUT2D eigenvalue weighted by Crippen LogP contribution is -2.51. The molecule has 0 bridgehead atoms. The highest BCUT2D eigenvalue weighted by Gasteiger charge is 2.34. The second-order valence-electron chi connectivity index (χ2n) is 5.09. The molecule has 5 heteroatoms. The fourth-order valence-electron chi connectivity index (χ4n) is 2.86. The van der Waals surface area contributed by atoms with Crippen molar-refractivity contribution in [1.29, 1.82) is 0 Å². The number of phenolic OH excluding ortho intramolecular Hbond substituents is 1. The van der Waals surface area contributed by atoms with Crippen LogP contribution in [0.15, 0.2) is 22.7 Å². The van der Waals surface area contributed by atoms with Gasteiger partial charge in [-0.3, -0.25) is 4.90 Å². The predicted octanol–water partition coefficient (Wildman–Crippen LogP) is 2.86. The minimum Gasteiger partial charge on any atom is -0.508 e. The molecule has 0 spiro atoms. The molecule has 0 saturated carbocycles. The SMILES string of the molecule is Oc1ccc(Br)c(CN2CCS[C@@H]3COCC[C@@H]32)c1. The molecular weight excluding hydrogens is 326 g/mol. The van der Waals surface area contributed by atoms with Gasteiger partial charge < -0.3 is 9.84 Å². The molecule has 2 fully saturated rings. The van der Waals surface area contributed by atoms with Crippen molar-refractivity contribution in [3.05, 3.63) is 28.2 Å². The summed E-state index contributed by atoms with van der Waals surface area (Å²) in [6, 6.07) is 6.11. The van der Waals surface area contributed by atoms with E-state index in [4.69, 9.17) is 4.74 Å². The molecule has 19 heavy (non-hydrogen) atoms. The summed E-state index contributed by atoms with van der Waals surface area (Å²) in [6.45, 7) is 3.77. The summed E-state index contributed by atoms with van der Waals surface area (Å²) >= 11 is 5.62. The van der Waals surface area contributed by atoms with Gasteiger partial charge in [-0.1, -0.05) is 15.9 Å². The number of hydrogen-bond acceptors (Lipinski definition) is 4. The Morgan fingerprint density at radius 1 is 1.47 bits per heavy atom. The number of benzene rings is 1. The summed E-state index contributed by atoms with van der Waals surface area (Å²) in [5.74, 6) is 1.51. The topological polar surface area (TPSA) is 32.7 Å². The van der Waals surface area contributed by atoms with E-state index in [1.807, 2.05) is 23.9 Å². The lowest BCUT2D eigenvalue weighted by molar-refractivity contribution is 0.0350. The maximum Gasteiger partial charge on any atom is 0.115 e. The van der Waals surface area contributed by atoms with E-state index in [0.717, 1.165) is 42.8 Å². The Hall–Kier alpha value is -0.230. The van der Waals surface area contributed by atoms with Crippen LogP contribution in [0.4, 0.5) is 0 Å². The maximum absolute atomic E-state index is 9.64. The number of aromatic hydroxyl groups is 1. The van der Waals surface area contributed by atoms with Crippen molar-refractivity contribution in [1.82, 2.24) is 4.90 Å². The Balaban J connectivity index is 1.75. The first-order chi connectivity index (χ1) is 9.24. The molecule has 1 N–H and O–H groups in total. The first-order valence-electron chi connectivity index (χ1n) is 6.65. The first kappa shape index (κ1) is 13.7. The van der Waals surface area contributed by atoms with Gasteiger partial charge in [-0.05, 0) is 30.2 Å². The van der Waals surface area contributed by atoms with E-state index in [9.17, 15) is 5.11 Å². The van der Waals surface area contributed by atoms with Gasteiger partial charge in [-0.15, -0.1) is 0 Å². The lowest BCUT2D eigenvalue weighted by atomic mass is 10.0. The van der Waals surface area contributed by atoms with Gasteiger partial charge in [0.1, 0.15) is 5.75 Å². The van der Waals surface area contributed by atoms with Crippen LogP contribution in [0.25, 0.3) is 0 Å². The molecule has 3 rings (SSSR count). The zero-order valence-corrected chi connectivity index (χ0v) is 13.1. The van der Waals surface area contributed by atoms with E-state index in [0.29, 0.717) is 17.0 Å². The number of halogens is 1. The number of fused-ring (bicyclic) bond motifs is 1. The van der Waals surface area contributed by atoms with Crippen molar-refractivity contribution in [2.75, 3.05) is 25.5 Å². The molecule has 1 aromatic rings. The average Bonchev–Trinajstić information content (AvgIpc) is 2.43. The Kier molecular flexibility index (Phi) is 4.37. The quantitative estimate of drug-likeness (QED) is 0.894. The van der Waals surface area contributed by atoms with Gasteiger partial charge in [-0.25, -0.2) is 0 Å². The van der Waals surface area contributed by atoms with Gasteiger partial charge in [0.05, 0.1) is 6.61 Å². The molecule has 0 aromatic heterocycles. The third-order valence-electron chi connectivity index (χ3n) is 3.85. The molecule has 0 unspecified atom stereocenters. The lowest BCUT2D eigenvalue weighted by Gasteiger charge is -2.43. The maximum atomic E-state index is 9.64. The number of ether oxygens (including phenoxy) is 1. The fourth-order valence-corrected chi connectivity index (χ4v) is 4.60. The van der Waals surface area contributed by atoms with Gasteiger partial charge in [0.15, 0.2) is 0 Å². The van der Waals surface area contributed by atoms with Crippen molar-refractivity contribution in [3.63, 3.8) is 0 Å². The minimum absolute atomic E-state index is 0.341. The molecular formula is C14H18BrNO2S. The van der Waals surface area contributed by atoms with Crippen molar-refractivity contribution in [2.45, 2.75) is 24.3 Å². The molecule has 2 aliphatic heterocycles. The summed E-state index contributed by atoms with van der Waals surface area (Å²) in [6.07, 6.45) is 1.12. The van der Waals surface area contributed by atoms with E-state index in [2.05, 4.69) is 20.8 Å². The van der Waals surface area contributed by atoms with Gasteiger partial charge in [0.2, 0.25) is 0 Å². The smallest absolute Gasteiger partial charge is 0.115 e. The van der Waals surface area contributed by atoms with Crippen molar-refractivity contribution < 1.29 is 9.84 Å². The normalized spacial score (nSPS) is 28.1. The van der Waals surface area contributed by atoms with Crippen molar-refractivity contribution in [3.8, 4) is 5.75 Å². The van der Waals surface area contributed by atoms with E-state index in [1.54, 1.807) is 6.07 Å². The summed E-state index contributed by atoms with van der Waals surface area (Å²) < 4.78 is 6.66. The molecule has 104 valence electrons. The average molecular weight is 344 g/mol. The highest BCUT2D eigenvalue weighted by molar-refractivity contribution is 9.10. The molecule has 2 heterocycles.